The molecule has 0 saturated carbocycles. The number of nitrogens with zero attached hydrogens (tertiary/aromatic N) is 1. The molecule has 55 heavy (non-hydrogen) atoms. The van der Waals surface area contributed by atoms with Crippen LogP contribution in [0.5, 0.6) is 0 Å². The molecule has 0 fully saturated rings. The lowest BCUT2D eigenvalue weighted by Crippen LogP contribution is -2.45. The van der Waals surface area contributed by atoms with Crippen LogP contribution < -0.4 is 10.2 Å². The smallest absolute Gasteiger partial charge is 0.268 e. The third-order valence-corrected chi connectivity index (χ3v) is 10.3. The van der Waals surface area contributed by atoms with E-state index in [1.807, 2.05) is 63.7 Å². The maximum Gasteiger partial charge on any atom is 0.268 e. The minimum atomic E-state index is -4.62. The summed E-state index contributed by atoms with van der Waals surface area (Å²) in [6.07, 6.45) is 42.9. The Morgan fingerprint density at radius 1 is 0.691 bits per heavy atom. The number of unbranched alkanes of at least 4 members (excludes halogenated alkanes) is 17. The Balaban J connectivity index is 4.64. The van der Waals surface area contributed by atoms with Crippen molar-refractivity contribution in [2.45, 2.75) is 180 Å². The minimum absolute atomic E-state index is 0.0247. The fourth-order valence-electron chi connectivity index (χ4n) is 5.76. The van der Waals surface area contributed by atoms with Gasteiger partial charge in [0.1, 0.15) is 13.2 Å². The summed E-state index contributed by atoms with van der Waals surface area (Å²) in [4.78, 5) is 25.2. The van der Waals surface area contributed by atoms with Gasteiger partial charge in [0.2, 0.25) is 5.91 Å². The molecule has 9 nitrogen and oxygen atoms in total. The number of aliphatic hydroxyl groups excluding tert-OH is 2. The maximum absolute atomic E-state index is 12.8. The van der Waals surface area contributed by atoms with Crippen LogP contribution in [0.3, 0.4) is 0 Å². The molecule has 1 amide bonds. The van der Waals surface area contributed by atoms with E-state index in [-0.39, 0.29) is 18.9 Å². The lowest BCUT2D eigenvalue weighted by molar-refractivity contribution is -0.870. The summed E-state index contributed by atoms with van der Waals surface area (Å²) in [5.74, 6) is -0.281. The first kappa shape index (κ1) is 53.2. The Labute approximate surface area is 337 Å². The normalized spacial score (nSPS) is 15.6. The molecule has 0 spiro atoms. The second kappa shape index (κ2) is 36.5. The molecule has 1 unspecified atom stereocenters. The van der Waals surface area contributed by atoms with Crippen LogP contribution >= 0.6 is 7.82 Å². The minimum Gasteiger partial charge on any atom is -0.756 e. The van der Waals surface area contributed by atoms with Crippen LogP contribution in [0, 0.1) is 0 Å². The van der Waals surface area contributed by atoms with Crippen molar-refractivity contribution in [2.75, 3.05) is 40.9 Å². The number of carbonyl (C=O) groups excluding carboxylic acids is 1. The van der Waals surface area contributed by atoms with Crippen LogP contribution in [0.15, 0.2) is 60.8 Å². The van der Waals surface area contributed by atoms with Crippen molar-refractivity contribution in [1.82, 2.24) is 5.32 Å². The highest BCUT2D eigenvalue weighted by Crippen LogP contribution is 2.38. The summed E-state index contributed by atoms with van der Waals surface area (Å²) >= 11 is 0. The van der Waals surface area contributed by atoms with E-state index in [1.54, 1.807) is 12.2 Å². The number of nitrogens with one attached hydrogen (secondary N) is 1. The largest absolute Gasteiger partial charge is 0.756 e. The first-order valence-corrected chi connectivity index (χ1v) is 23.2. The van der Waals surface area contributed by atoms with Crippen molar-refractivity contribution >= 4 is 13.7 Å². The van der Waals surface area contributed by atoms with Gasteiger partial charge in [-0.05, 0) is 51.4 Å². The molecule has 0 radical (unpaired) electrons. The fraction of sp³-hybridized carbons (Fsp3) is 0.756. The number of amides is 1. The van der Waals surface area contributed by atoms with Crippen molar-refractivity contribution in [3.05, 3.63) is 60.8 Å². The molecule has 0 aliphatic carbocycles. The van der Waals surface area contributed by atoms with Gasteiger partial charge in [0, 0.05) is 6.42 Å². The van der Waals surface area contributed by atoms with Crippen molar-refractivity contribution in [3.63, 3.8) is 0 Å². The standard InChI is InChI=1S/C45H83N2O7P/c1-6-8-10-12-14-15-16-17-18-19-20-21-25-29-33-37-44(49)43(41-54-55(51,52)53-40-39-47(3,4)5)46-45(50)38-34-30-26-23-22-24-28-32-36-42(48)35-31-27-13-11-9-7-2/h23-24,26-28,31-33,36-37,42-44,48-49H,6-22,25,29-30,34-35,38-41H2,1-5H3,(H-,46,50,51,52)/b26-23-,28-24-,31-27-,36-32+,37-33+/t42-,43-,44+/m0/s1. The predicted molar refractivity (Wildman–Crippen MR) is 230 cm³/mol. The summed E-state index contributed by atoms with van der Waals surface area (Å²) in [6.45, 7) is 4.48. The average molecular weight is 795 g/mol. The second-order valence-corrected chi connectivity index (χ2v) is 17.3. The number of phosphoric acid groups is 1. The molecule has 0 aliphatic heterocycles. The highest BCUT2D eigenvalue weighted by atomic mass is 31.2. The number of aliphatic hydroxyl groups is 2. The number of carbonyl (C=O) groups is 1. The Morgan fingerprint density at radius 3 is 1.87 bits per heavy atom. The van der Waals surface area contributed by atoms with Gasteiger partial charge in [-0.15, -0.1) is 0 Å². The molecule has 0 bridgehead atoms. The summed E-state index contributed by atoms with van der Waals surface area (Å²) in [5.41, 5.74) is 0. The molecule has 0 aromatic carbocycles. The van der Waals surface area contributed by atoms with E-state index in [0.29, 0.717) is 30.3 Å². The first-order chi connectivity index (χ1) is 26.4. The first-order valence-electron chi connectivity index (χ1n) is 21.8. The number of phosphoric ester groups is 1. The van der Waals surface area contributed by atoms with Gasteiger partial charge in [0.15, 0.2) is 0 Å². The number of rotatable bonds is 38. The Hall–Kier alpha value is -1.84. The van der Waals surface area contributed by atoms with Gasteiger partial charge in [0.05, 0.1) is 46.0 Å². The Bertz CT molecular complexity index is 1100. The zero-order valence-corrected chi connectivity index (χ0v) is 36.6. The SMILES string of the molecule is CCCCC/C=C\C[C@H](O)/C=C/C=C\C/C=C\CCCC(=O)N[C@@H](COP(=O)([O-])OCC[N+](C)(C)C)[C@H](O)/C=C/CCCCCCCCCCCCCCC. The monoisotopic (exact) mass is 795 g/mol. The summed E-state index contributed by atoms with van der Waals surface area (Å²) in [6, 6.07) is -0.936. The fourth-order valence-corrected chi connectivity index (χ4v) is 6.48. The van der Waals surface area contributed by atoms with Gasteiger partial charge in [0.25, 0.3) is 7.82 Å². The summed E-state index contributed by atoms with van der Waals surface area (Å²) in [5, 5.41) is 23.8. The number of hydrogen-bond donors (Lipinski definition) is 3. The van der Waals surface area contributed by atoms with Gasteiger partial charge in [-0.2, -0.15) is 0 Å². The van der Waals surface area contributed by atoms with Crippen molar-refractivity contribution in [1.29, 1.82) is 0 Å². The summed E-state index contributed by atoms with van der Waals surface area (Å²) in [7, 11) is 1.18. The molecular formula is C45H83N2O7P. The van der Waals surface area contributed by atoms with Gasteiger partial charge in [-0.1, -0.05) is 164 Å². The van der Waals surface area contributed by atoms with E-state index in [2.05, 4.69) is 25.2 Å². The molecule has 0 aliphatic rings. The van der Waals surface area contributed by atoms with Gasteiger partial charge >= 0.3 is 0 Å². The molecular weight excluding hydrogens is 711 g/mol. The Kier molecular flexibility index (Phi) is 35.3. The predicted octanol–water partition coefficient (Wildman–Crippen LogP) is 10.2. The van der Waals surface area contributed by atoms with Gasteiger partial charge in [-0.3, -0.25) is 9.36 Å². The van der Waals surface area contributed by atoms with Crippen LogP contribution in [0.2, 0.25) is 0 Å². The van der Waals surface area contributed by atoms with Crippen molar-refractivity contribution in [2.24, 2.45) is 0 Å². The van der Waals surface area contributed by atoms with Crippen LogP contribution in [0.4, 0.5) is 0 Å². The average Bonchev–Trinajstić information content (AvgIpc) is 3.13. The van der Waals surface area contributed by atoms with E-state index < -0.39 is 32.7 Å². The van der Waals surface area contributed by atoms with E-state index in [0.717, 1.165) is 32.1 Å². The topological polar surface area (TPSA) is 128 Å². The zero-order chi connectivity index (χ0) is 40.9. The molecule has 0 aromatic heterocycles. The van der Waals surface area contributed by atoms with Crippen LogP contribution in [0.1, 0.15) is 162 Å². The van der Waals surface area contributed by atoms with Crippen LogP contribution in [0.25, 0.3) is 0 Å². The zero-order valence-electron chi connectivity index (χ0n) is 35.7. The van der Waals surface area contributed by atoms with Crippen molar-refractivity contribution < 1.29 is 38.0 Å². The maximum atomic E-state index is 12.8. The Morgan fingerprint density at radius 2 is 1.24 bits per heavy atom. The summed E-state index contributed by atoms with van der Waals surface area (Å²) < 4.78 is 23.1. The lowest BCUT2D eigenvalue weighted by atomic mass is 10.0. The quantitative estimate of drug-likeness (QED) is 0.0187. The van der Waals surface area contributed by atoms with E-state index in [4.69, 9.17) is 9.05 Å². The lowest BCUT2D eigenvalue weighted by Gasteiger charge is -2.29. The second-order valence-electron chi connectivity index (χ2n) is 15.9. The molecule has 320 valence electrons. The van der Waals surface area contributed by atoms with E-state index in [9.17, 15) is 24.5 Å². The highest BCUT2D eigenvalue weighted by molar-refractivity contribution is 7.45. The van der Waals surface area contributed by atoms with Crippen molar-refractivity contribution in [3.8, 4) is 0 Å². The molecule has 0 rings (SSSR count). The highest BCUT2D eigenvalue weighted by Gasteiger charge is 2.23. The van der Waals surface area contributed by atoms with E-state index in [1.165, 1.54) is 89.9 Å². The number of allylic oxidation sites excluding steroid dienone is 7. The van der Waals surface area contributed by atoms with E-state index >= 15 is 0 Å². The molecule has 3 N–H and O–H groups in total. The third-order valence-electron chi connectivity index (χ3n) is 9.30. The molecule has 10 heteroatoms. The molecule has 4 atom stereocenters. The van der Waals surface area contributed by atoms with Gasteiger partial charge < -0.3 is 34.0 Å². The third kappa shape index (κ3) is 38.8. The number of likely N-dealkylation sites (N-methyl/N-ethyl adjacent to an activating group) is 1. The number of hydrogen-bond acceptors (Lipinski definition) is 7. The van der Waals surface area contributed by atoms with Crippen LogP contribution in [-0.2, 0) is 18.4 Å². The molecule has 0 saturated heterocycles. The number of quaternary nitrogens is 1. The molecule has 0 heterocycles. The van der Waals surface area contributed by atoms with Gasteiger partial charge in [-0.25, -0.2) is 0 Å². The molecule has 0 aromatic rings. The van der Waals surface area contributed by atoms with Crippen LogP contribution in [-0.4, -0.2) is 79.8 Å².